The minimum Gasteiger partial charge on any atom is -0.312 e. The number of aromatic nitrogens is 3. The maximum atomic E-state index is 5.98. The number of imidazole rings is 1. The molecule has 0 fully saturated rings. The molecule has 0 aliphatic carbocycles. The molecule has 0 atom stereocenters. The number of rotatable bonds is 5. The van der Waals surface area contributed by atoms with Crippen molar-refractivity contribution in [2.75, 3.05) is 5.88 Å². The number of hydrogen-bond donors (Lipinski definition) is 0. The highest BCUT2D eigenvalue weighted by Gasteiger charge is 2.12. The lowest BCUT2D eigenvalue weighted by Crippen LogP contribution is -2.07. The number of thiophene rings is 1. The minimum absolute atomic E-state index is 0.552. The van der Waals surface area contributed by atoms with Crippen LogP contribution in [-0.4, -0.2) is 20.4 Å². The summed E-state index contributed by atoms with van der Waals surface area (Å²) in [6, 6.07) is 6.07. The SMILES string of the molecule is ClCCc1nc2cc(Cl)cnc2n1CCc1cccs1. The Morgan fingerprint density at radius 3 is 2.95 bits per heavy atom. The summed E-state index contributed by atoms with van der Waals surface area (Å²) in [7, 11) is 0. The van der Waals surface area contributed by atoms with Gasteiger partial charge in [0.05, 0.1) is 5.02 Å². The normalized spacial score (nSPS) is 11.3. The Kier molecular flexibility index (Phi) is 4.24. The van der Waals surface area contributed by atoms with Crippen molar-refractivity contribution in [1.29, 1.82) is 0 Å². The van der Waals surface area contributed by atoms with Crippen LogP contribution in [0.25, 0.3) is 11.2 Å². The summed E-state index contributed by atoms with van der Waals surface area (Å²) in [4.78, 5) is 10.4. The third kappa shape index (κ3) is 2.82. The Morgan fingerprint density at radius 1 is 1.30 bits per heavy atom. The lowest BCUT2D eigenvalue weighted by atomic mass is 10.3. The first-order valence-corrected chi connectivity index (χ1v) is 8.16. The van der Waals surface area contributed by atoms with E-state index in [0.717, 1.165) is 36.4 Å². The van der Waals surface area contributed by atoms with Crippen molar-refractivity contribution in [1.82, 2.24) is 14.5 Å². The van der Waals surface area contributed by atoms with E-state index in [1.54, 1.807) is 17.5 Å². The van der Waals surface area contributed by atoms with Gasteiger partial charge in [-0.05, 0) is 23.9 Å². The van der Waals surface area contributed by atoms with E-state index >= 15 is 0 Å². The molecule has 0 radical (unpaired) electrons. The molecule has 3 aromatic rings. The topological polar surface area (TPSA) is 30.7 Å². The summed E-state index contributed by atoms with van der Waals surface area (Å²) < 4.78 is 2.15. The highest BCUT2D eigenvalue weighted by Crippen LogP contribution is 2.20. The first-order chi connectivity index (χ1) is 9.78. The molecule has 0 aliphatic heterocycles. The number of pyridine rings is 1. The van der Waals surface area contributed by atoms with Crippen LogP contribution in [0.3, 0.4) is 0 Å². The number of fused-ring (bicyclic) bond motifs is 1. The van der Waals surface area contributed by atoms with Gasteiger partial charge in [0.15, 0.2) is 5.65 Å². The summed E-state index contributed by atoms with van der Waals surface area (Å²) in [5.41, 5.74) is 1.72. The maximum Gasteiger partial charge on any atom is 0.160 e. The molecule has 3 heterocycles. The Morgan fingerprint density at radius 2 is 2.20 bits per heavy atom. The molecule has 0 saturated carbocycles. The fourth-order valence-electron chi connectivity index (χ4n) is 2.22. The van der Waals surface area contributed by atoms with E-state index in [0.29, 0.717) is 10.9 Å². The van der Waals surface area contributed by atoms with Gasteiger partial charge >= 0.3 is 0 Å². The summed E-state index contributed by atoms with van der Waals surface area (Å²) in [5, 5.41) is 2.71. The standard InChI is InChI=1S/C14H13Cl2N3S/c15-5-3-13-18-12-8-10(16)9-17-14(12)19(13)6-4-11-2-1-7-20-11/h1-2,7-9H,3-6H2. The molecular formula is C14H13Cl2N3S. The van der Waals surface area contributed by atoms with Crippen LogP contribution in [0.15, 0.2) is 29.8 Å². The van der Waals surface area contributed by atoms with Gasteiger partial charge in [0.25, 0.3) is 0 Å². The van der Waals surface area contributed by atoms with E-state index in [1.807, 2.05) is 6.07 Å². The van der Waals surface area contributed by atoms with Crippen molar-refractivity contribution < 1.29 is 0 Å². The van der Waals surface area contributed by atoms with Crippen LogP contribution in [0.2, 0.25) is 5.02 Å². The number of alkyl halides is 1. The van der Waals surface area contributed by atoms with Crippen molar-refractivity contribution in [3.05, 3.63) is 45.5 Å². The van der Waals surface area contributed by atoms with Crippen LogP contribution in [-0.2, 0) is 19.4 Å². The van der Waals surface area contributed by atoms with Crippen LogP contribution in [0.5, 0.6) is 0 Å². The van der Waals surface area contributed by atoms with Gasteiger partial charge in [0.2, 0.25) is 0 Å². The Labute approximate surface area is 131 Å². The molecule has 3 nitrogen and oxygen atoms in total. The van der Waals surface area contributed by atoms with Gasteiger partial charge in [0.1, 0.15) is 11.3 Å². The summed E-state index contributed by atoms with van der Waals surface area (Å²) in [6.45, 7) is 0.859. The van der Waals surface area contributed by atoms with Gasteiger partial charge in [-0.3, -0.25) is 0 Å². The minimum atomic E-state index is 0.552. The molecule has 20 heavy (non-hydrogen) atoms. The second-order valence-electron chi connectivity index (χ2n) is 4.44. The highest BCUT2D eigenvalue weighted by molar-refractivity contribution is 7.09. The second-order valence-corrected chi connectivity index (χ2v) is 6.29. The van der Waals surface area contributed by atoms with Crippen molar-refractivity contribution in [2.24, 2.45) is 0 Å². The molecule has 0 unspecified atom stereocenters. The van der Waals surface area contributed by atoms with Crippen molar-refractivity contribution in [3.8, 4) is 0 Å². The molecule has 0 amide bonds. The molecule has 6 heteroatoms. The predicted molar refractivity (Wildman–Crippen MR) is 85.0 cm³/mol. The molecule has 0 spiro atoms. The van der Waals surface area contributed by atoms with Crippen molar-refractivity contribution in [2.45, 2.75) is 19.4 Å². The van der Waals surface area contributed by atoms with Gasteiger partial charge in [-0.25, -0.2) is 9.97 Å². The van der Waals surface area contributed by atoms with Crippen LogP contribution >= 0.6 is 34.5 Å². The summed E-state index contributed by atoms with van der Waals surface area (Å²) in [6.07, 6.45) is 3.38. The Bertz CT molecular complexity index is 707. The number of halogens is 2. The zero-order chi connectivity index (χ0) is 13.9. The molecule has 0 aliphatic rings. The van der Waals surface area contributed by atoms with Crippen LogP contribution < -0.4 is 0 Å². The maximum absolute atomic E-state index is 5.98. The van der Waals surface area contributed by atoms with E-state index < -0.39 is 0 Å². The van der Waals surface area contributed by atoms with E-state index in [4.69, 9.17) is 23.2 Å². The fourth-order valence-corrected chi connectivity index (χ4v) is 3.24. The van der Waals surface area contributed by atoms with Gasteiger partial charge in [-0.1, -0.05) is 17.7 Å². The highest BCUT2D eigenvalue weighted by atomic mass is 35.5. The van der Waals surface area contributed by atoms with Gasteiger partial charge in [-0.2, -0.15) is 0 Å². The monoisotopic (exact) mass is 325 g/mol. The van der Waals surface area contributed by atoms with E-state index in [2.05, 4.69) is 32.0 Å². The van der Waals surface area contributed by atoms with E-state index in [1.165, 1.54) is 4.88 Å². The first-order valence-electron chi connectivity index (χ1n) is 6.37. The predicted octanol–water partition coefficient (Wildman–Crippen LogP) is 4.17. The van der Waals surface area contributed by atoms with E-state index in [9.17, 15) is 0 Å². The number of hydrogen-bond acceptors (Lipinski definition) is 3. The molecule has 3 aromatic heterocycles. The largest absolute Gasteiger partial charge is 0.312 e. The zero-order valence-corrected chi connectivity index (χ0v) is 13.0. The molecular weight excluding hydrogens is 313 g/mol. The summed E-state index contributed by atoms with van der Waals surface area (Å²) in [5.74, 6) is 1.53. The third-order valence-electron chi connectivity index (χ3n) is 3.11. The smallest absolute Gasteiger partial charge is 0.160 e. The van der Waals surface area contributed by atoms with Crippen LogP contribution in [0, 0.1) is 0 Å². The molecule has 3 rings (SSSR count). The third-order valence-corrected chi connectivity index (χ3v) is 4.44. The average Bonchev–Trinajstić information content (AvgIpc) is 3.04. The van der Waals surface area contributed by atoms with E-state index in [-0.39, 0.29) is 0 Å². The Hall–Kier alpha value is -1.10. The second kappa shape index (κ2) is 6.12. The molecule has 0 saturated heterocycles. The zero-order valence-electron chi connectivity index (χ0n) is 10.7. The van der Waals surface area contributed by atoms with Crippen molar-refractivity contribution in [3.63, 3.8) is 0 Å². The van der Waals surface area contributed by atoms with Gasteiger partial charge in [-0.15, -0.1) is 22.9 Å². The Balaban J connectivity index is 1.95. The molecule has 104 valence electrons. The number of aryl methyl sites for hydroxylation is 3. The molecule has 0 N–H and O–H groups in total. The van der Waals surface area contributed by atoms with Crippen molar-refractivity contribution >= 4 is 45.7 Å². The number of nitrogens with zero attached hydrogens (tertiary/aromatic N) is 3. The van der Waals surface area contributed by atoms with Gasteiger partial charge < -0.3 is 4.57 Å². The van der Waals surface area contributed by atoms with Gasteiger partial charge in [0, 0.05) is 29.9 Å². The lowest BCUT2D eigenvalue weighted by molar-refractivity contribution is 0.674. The van der Waals surface area contributed by atoms with Crippen LogP contribution in [0.1, 0.15) is 10.7 Å². The molecule has 0 aromatic carbocycles. The lowest BCUT2D eigenvalue weighted by Gasteiger charge is -2.06. The van der Waals surface area contributed by atoms with Crippen LogP contribution in [0.4, 0.5) is 0 Å². The fraction of sp³-hybridized carbons (Fsp3) is 0.286. The summed E-state index contributed by atoms with van der Waals surface area (Å²) >= 11 is 13.6. The quantitative estimate of drug-likeness (QED) is 0.659. The first kappa shape index (κ1) is 13.9. The molecule has 0 bridgehead atoms. The average molecular weight is 326 g/mol.